The lowest BCUT2D eigenvalue weighted by Gasteiger charge is -2.24. The summed E-state index contributed by atoms with van der Waals surface area (Å²) in [5.74, 6) is -0.983. The predicted molar refractivity (Wildman–Crippen MR) is 101 cm³/mol. The lowest BCUT2D eigenvalue weighted by molar-refractivity contribution is -0.121. The number of hydrogen-bond acceptors (Lipinski definition) is 6. The van der Waals surface area contributed by atoms with Crippen LogP contribution < -0.4 is 9.62 Å². The van der Waals surface area contributed by atoms with E-state index in [4.69, 9.17) is 4.74 Å². The number of anilines is 1. The van der Waals surface area contributed by atoms with Gasteiger partial charge in [0.25, 0.3) is 0 Å². The minimum atomic E-state index is -3.71. The number of para-hydroxylation sites is 1. The first-order valence-electron chi connectivity index (χ1n) is 8.14. The number of carbonyl (C=O) groups excluding carboxylic acids is 2. The summed E-state index contributed by atoms with van der Waals surface area (Å²) in [6.07, 6.45) is 2.57. The molecule has 2 aromatic rings. The van der Waals surface area contributed by atoms with Crippen LogP contribution in [-0.2, 0) is 26.1 Å². The van der Waals surface area contributed by atoms with E-state index < -0.39 is 16.0 Å². The van der Waals surface area contributed by atoms with Crippen molar-refractivity contribution in [3.63, 3.8) is 0 Å². The van der Waals surface area contributed by atoms with Crippen LogP contribution in [0.3, 0.4) is 0 Å². The molecule has 0 saturated carbocycles. The first-order valence-corrected chi connectivity index (χ1v) is 9.99. The highest BCUT2D eigenvalue weighted by atomic mass is 32.2. The molecule has 9 heteroatoms. The average molecular weight is 391 g/mol. The summed E-state index contributed by atoms with van der Waals surface area (Å²) in [4.78, 5) is 28.1. The molecule has 2 rings (SSSR count). The van der Waals surface area contributed by atoms with Crippen molar-refractivity contribution in [1.29, 1.82) is 0 Å². The quantitative estimate of drug-likeness (QED) is 0.681. The first-order chi connectivity index (χ1) is 12.8. The van der Waals surface area contributed by atoms with E-state index >= 15 is 0 Å². The molecule has 0 atom stereocenters. The second-order valence-corrected chi connectivity index (χ2v) is 7.60. The minimum absolute atomic E-state index is 0.0740. The number of benzene rings is 1. The maximum absolute atomic E-state index is 12.2. The zero-order chi connectivity index (χ0) is 19.9. The Bertz CT molecular complexity index is 900. The van der Waals surface area contributed by atoms with E-state index in [1.54, 1.807) is 30.5 Å². The van der Waals surface area contributed by atoms with Gasteiger partial charge in [-0.1, -0.05) is 18.2 Å². The lowest BCUT2D eigenvalue weighted by atomic mass is 10.1. The fourth-order valence-electron chi connectivity index (χ4n) is 2.42. The monoisotopic (exact) mass is 391 g/mol. The minimum Gasteiger partial charge on any atom is -0.465 e. The second kappa shape index (κ2) is 9.13. The highest BCUT2D eigenvalue weighted by molar-refractivity contribution is 7.92. The Morgan fingerprint density at radius 3 is 2.48 bits per heavy atom. The largest absolute Gasteiger partial charge is 0.465 e. The third kappa shape index (κ3) is 5.78. The zero-order valence-corrected chi connectivity index (χ0v) is 15.9. The smallest absolute Gasteiger partial charge is 0.340 e. The molecule has 0 fully saturated rings. The van der Waals surface area contributed by atoms with Gasteiger partial charge < -0.3 is 10.1 Å². The van der Waals surface area contributed by atoms with Crippen molar-refractivity contribution in [3.8, 4) is 0 Å². The number of nitrogens with zero attached hydrogens (tertiary/aromatic N) is 2. The van der Waals surface area contributed by atoms with E-state index in [1.165, 1.54) is 19.2 Å². The SMILES string of the molecule is COC(=O)c1ccccc1N(CCC(=O)NCc1ccccn1)S(C)(=O)=O. The molecule has 0 saturated heterocycles. The molecule has 1 aromatic heterocycles. The molecule has 8 nitrogen and oxygen atoms in total. The normalized spacial score (nSPS) is 10.9. The Labute approximate surface area is 158 Å². The van der Waals surface area contributed by atoms with Gasteiger partial charge in [-0.2, -0.15) is 0 Å². The van der Waals surface area contributed by atoms with Crippen molar-refractivity contribution in [3.05, 3.63) is 59.9 Å². The maximum Gasteiger partial charge on any atom is 0.340 e. The van der Waals surface area contributed by atoms with Crippen molar-refractivity contribution in [2.75, 3.05) is 24.2 Å². The average Bonchev–Trinajstić information content (AvgIpc) is 2.66. The number of aromatic nitrogens is 1. The van der Waals surface area contributed by atoms with Gasteiger partial charge in [-0.05, 0) is 24.3 Å². The number of rotatable bonds is 8. The summed E-state index contributed by atoms with van der Waals surface area (Å²) in [5.41, 5.74) is 0.977. The van der Waals surface area contributed by atoms with E-state index in [9.17, 15) is 18.0 Å². The summed E-state index contributed by atoms with van der Waals surface area (Å²) >= 11 is 0. The summed E-state index contributed by atoms with van der Waals surface area (Å²) in [6.45, 7) is 0.137. The molecule has 0 bridgehead atoms. The van der Waals surface area contributed by atoms with Gasteiger partial charge in [0.15, 0.2) is 0 Å². The van der Waals surface area contributed by atoms with Crippen LogP contribution in [0.25, 0.3) is 0 Å². The third-order valence-electron chi connectivity index (χ3n) is 3.71. The van der Waals surface area contributed by atoms with Crippen molar-refractivity contribution in [2.24, 2.45) is 0 Å². The molecular formula is C18H21N3O5S. The highest BCUT2D eigenvalue weighted by Gasteiger charge is 2.24. The Kier molecular flexibility index (Phi) is 6.89. The van der Waals surface area contributed by atoms with Crippen LogP contribution in [-0.4, -0.2) is 45.2 Å². The molecule has 1 aromatic carbocycles. The molecule has 0 aliphatic carbocycles. The number of ether oxygens (including phenoxy) is 1. The van der Waals surface area contributed by atoms with Crippen LogP contribution >= 0.6 is 0 Å². The molecule has 144 valence electrons. The molecule has 0 radical (unpaired) electrons. The van der Waals surface area contributed by atoms with Crippen LogP contribution in [0, 0.1) is 0 Å². The Morgan fingerprint density at radius 2 is 1.85 bits per heavy atom. The second-order valence-electron chi connectivity index (χ2n) is 5.69. The zero-order valence-electron chi connectivity index (χ0n) is 15.1. The molecule has 1 amide bonds. The third-order valence-corrected chi connectivity index (χ3v) is 4.89. The highest BCUT2D eigenvalue weighted by Crippen LogP contribution is 2.24. The van der Waals surface area contributed by atoms with Crippen LogP contribution in [0.5, 0.6) is 0 Å². The van der Waals surface area contributed by atoms with Crippen molar-refractivity contribution in [1.82, 2.24) is 10.3 Å². The van der Waals surface area contributed by atoms with Gasteiger partial charge >= 0.3 is 5.97 Å². The lowest BCUT2D eigenvalue weighted by Crippen LogP contribution is -2.35. The van der Waals surface area contributed by atoms with Gasteiger partial charge in [-0.25, -0.2) is 13.2 Å². The van der Waals surface area contributed by atoms with Crippen LogP contribution in [0.1, 0.15) is 22.5 Å². The van der Waals surface area contributed by atoms with Gasteiger partial charge in [-0.15, -0.1) is 0 Å². The number of amides is 1. The van der Waals surface area contributed by atoms with E-state index in [2.05, 4.69) is 10.3 Å². The Hall–Kier alpha value is -2.94. The molecule has 0 unspecified atom stereocenters. The van der Waals surface area contributed by atoms with Gasteiger partial charge in [0.05, 0.1) is 36.9 Å². The predicted octanol–water partition coefficient (Wildman–Crippen LogP) is 1.34. The van der Waals surface area contributed by atoms with Crippen LogP contribution in [0.2, 0.25) is 0 Å². The summed E-state index contributed by atoms with van der Waals surface area (Å²) in [6, 6.07) is 11.5. The first kappa shape index (κ1) is 20.4. The van der Waals surface area contributed by atoms with Crippen LogP contribution in [0.4, 0.5) is 5.69 Å². The van der Waals surface area contributed by atoms with Crippen molar-refractivity contribution < 1.29 is 22.7 Å². The van der Waals surface area contributed by atoms with Gasteiger partial charge in [0, 0.05) is 19.2 Å². The summed E-state index contributed by atoms with van der Waals surface area (Å²) in [7, 11) is -2.49. The fraction of sp³-hybridized carbons (Fsp3) is 0.278. The topological polar surface area (TPSA) is 106 Å². The van der Waals surface area contributed by atoms with E-state index in [0.717, 1.165) is 10.6 Å². The van der Waals surface area contributed by atoms with Gasteiger partial charge in [0.1, 0.15) is 0 Å². The number of esters is 1. The van der Waals surface area contributed by atoms with Crippen LogP contribution in [0.15, 0.2) is 48.7 Å². The number of carbonyl (C=O) groups is 2. The Balaban J connectivity index is 2.10. The summed E-state index contributed by atoms with van der Waals surface area (Å²) < 4.78 is 30.2. The van der Waals surface area contributed by atoms with Gasteiger partial charge in [0.2, 0.25) is 15.9 Å². The number of methoxy groups -OCH3 is 1. The van der Waals surface area contributed by atoms with Crippen molar-refractivity contribution in [2.45, 2.75) is 13.0 Å². The fourth-order valence-corrected chi connectivity index (χ4v) is 3.36. The van der Waals surface area contributed by atoms with E-state index in [0.29, 0.717) is 5.69 Å². The maximum atomic E-state index is 12.2. The molecule has 0 aliphatic heterocycles. The number of nitrogens with one attached hydrogen (secondary N) is 1. The molecule has 1 heterocycles. The molecule has 0 aliphatic rings. The standard InChI is InChI=1S/C18H21N3O5S/c1-26-18(23)15-8-3-4-9-16(15)21(27(2,24)25)12-10-17(22)20-13-14-7-5-6-11-19-14/h3-9,11H,10,12-13H2,1-2H3,(H,20,22). The summed E-state index contributed by atoms with van der Waals surface area (Å²) in [5, 5.41) is 2.69. The molecule has 27 heavy (non-hydrogen) atoms. The van der Waals surface area contributed by atoms with Gasteiger partial charge in [-0.3, -0.25) is 14.1 Å². The molecule has 1 N–H and O–H groups in total. The molecular weight excluding hydrogens is 370 g/mol. The van der Waals surface area contributed by atoms with E-state index in [-0.39, 0.29) is 36.7 Å². The van der Waals surface area contributed by atoms with Crippen molar-refractivity contribution >= 4 is 27.6 Å². The van der Waals surface area contributed by atoms with E-state index in [1.807, 2.05) is 6.07 Å². The number of pyridine rings is 1. The number of hydrogen-bond donors (Lipinski definition) is 1. The Morgan fingerprint density at radius 1 is 1.15 bits per heavy atom. The number of sulfonamides is 1. The molecule has 0 spiro atoms.